The van der Waals surface area contributed by atoms with Gasteiger partial charge < -0.3 is 0 Å². The second-order valence-electron chi connectivity index (χ2n) is 4.41. The number of amides is 2. The van der Waals surface area contributed by atoms with Gasteiger partial charge in [-0.2, -0.15) is 0 Å². The van der Waals surface area contributed by atoms with Gasteiger partial charge >= 0.3 is 0 Å². The molecule has 0 unspecified atom stereocenters. The Hall–Kier alpha value is -2.49. The molecular weight excluding hydrogens is 240 g/mol. The number of carbonyl (C=O) groups is 2. The number of nitrogens with zero attached hydrogens (tertiary/aromatic N) is 2. The first-order chi connectivity index (χ1) is 9.27. The monoisotopic (exact) mass is 252 g/mol. The summed E-state index contributed by atoms with van der Waals surface area (Å²) in [6.07, 6.45) is 4.06. The van der Waals surface area contributed by atoms with Crippen molar-refractivity contribution in [2.75, 3.05) is 6.54 Å². The van der Waals surface area contributed by atoms with Crippen LogP contribution in [0.3, 0.4) is 0 Å². The Morgan fingerprint density at radius 2 is 1.47 bits per heavy atom. The Morgan fingerprint density at radius 3 is 2.05 bits per heavy atom. The Labute approximate surface area is 110 Å². The summed E-state index contributed by atoms with van der Waals surface area (Å²) in [5.74, 6) is -0.399. The van der Waals surface area contributed by atoms with Crippen molar-refractivity contribution in [1.29, 1.82) is 0 Å². The number of benzene rings is 1. The molecule has 0 spiro atoms. The van der Waals surface area contributed by atoms with Crippen LogP contribution < -0.4 is 0 Å². The summed E-state index contributed by atoms with van der Waals surface area (Å²) < 4.78 is 0. The standard InChI is InChI=1S/C15H12N2O2/c18-14-12-3-1-2-4-13(12)15(19)17(14)10-7-11-5-8-16-9-6-11/h1-6,8-9H,7,10H2. The average Bonchev–Trinajstić information content (AvgIpc) is 2.71. The second-order valence-corrected chi connectivity index (χ2v) is 4.41. The zero-order chi connectivity index (χ0) is 13.2. The maximum atomic E-state index is 12.1. The number of hydrogen-bond acceptors (Lipinski definition) is 3. The van der Waals surface area contributed by atoms with E-state index in [2.05, 4.69) is 4.98 Å². The zero-order valence-corrected chi connectivity index (χ0v) is 10.2. The minimum absolute atomic E-state index is 0.199. The third kappa shape index (κ3) is 2.01. The van der Waals surface area contributed by atoms with Gasteiger partial charge in [-0.15, -0.1) is 0 Å². The minimum Gasteiger partial charge on any atom is -0.274 e. The molecular formula is C15H12N2O2. The van der Waals surface area contributed by atoms with Crippen LogP contribution in [0.1, 0.15) is 26.3 Å². The van der Waals surface area contributed by atoms with Gasteiger partial charge in [-0.25, -0.2) is 0 Å². The fourth-order valence-corrected chi connectivity index (χ4v) is 2.23. The molecule has 4 nitrogen and oxygen atoms in total. The molecule has 1 aliphatic heterocycles. The summed E-state index contributed by atoms with van der Waals surface area (Å²) in [4.78, 5) is 29.5. The van der Waals surface area contributed by atoms with Gasteiger partial charge in [0, 0.05) is 18.9 Å². The molecule has 0 atom stereocenters. The smallest absolute Gasteiger partial charge is 0.261 e. The minimum atomic E-state index is -0.199. The topological polar surface area (TPSA) is 50.3 Å². The van der Waals surface area contributed by atoms with Crippen LogP contribution in [-0.4, -0.2) is 28.2 Å². The fraction of sp³-hybridized carbons (Fsp3) is 0.133. The van der Waals surface area contributed by atoms with Crippen LogP contribution in [0.25, 0.3) is 0 Å². The summed E-state index contributed by atoms with van der Waals surface area (Å²) in [7, 11) is 0. The molecule has 2 amide bonds. The van der Waals surface area contributed by atoms with Crippen molar-refractivity contribution in [3.8, 4) is 0 Å². The van der Waals surface area contributed by atoms with Crippen LogP contribution in [0.4, 0.5) is 0 Å². The third-order valence-corrected chi connectivity index (χ3v) is 3.25. The van der Waals surface area contributed by atoms with Crippen molar-refractivity contribution in [3.05, 3.63) is 65.5 Å². The fourth-order valence-electron chi connectivity index (χ4n) is 2.23. The van der Waals surface area contributed by atoms with E-state index in [0.29, 0.717) is 24.1 Å². The number of pyridine rings is 1. The molecule has 0 bridgehead atoms. The van der Waals surface area contributed by atoms with Gasteiger partial charge in [0.05, 0.1) is 11.1 Å². The normalized spacial score (nSPS) is 13.8. The van der Waals surface area contributed by atoms with Gasteiger partial charge in [0.15, 0.2) is 0 Å². The molecule has 0 aliphatic carbocycles. The first-order valence-corrected chi connectivity index (χ1v) is 6.11. The van der Waals surface area contributed by atoms with Gasteiger partial charge in [0.25, 0.3) is 11.8 Å². The summed E-state index contributed by atoms with van der Waals surface area (Å²) in [6, 6.07) is 10.7. The van der Waals surface area contributed by atoms with Gasteiger partial charge in [0.1, 0.15) is 0 Å². The molecule has 0 fully saturated rings. The Kier molecular flexibility index (Phi) is 2.83. The Balaban J connectivity index is 1.78. The van der Waals surface area contributed by atoms with Crippen LogP contribution in [-0.2, 0) is 6.42 Å². The van der Waals surface area contributed by atoms with Gasteiger partial charge in [0.2, 0.25) is 0 Å². The molecule has 2 heterocycles. The number of hydrogen-bond donors (Lipinski definition) is 0. The molecule has 4 heteroatoms. The van der Waals surface area contributed by atoms with Crippen LogP contribution in [0.5, 0.6) is 0 Å². The average molecular weight is 252 g/mol. The van der Waals surface area contributed by atoms with Crippen molar-refractivity contribution < 1.29 is 9.59 Å². The predicted molar refractivity (Wildman–Crippen MR) is 69.8 cm³/mol. The first kappa shape index (κ1) is 11.6. The van der Waals surface area contributed by atoms with Crippen molar-refractivity contribution >= 4 is 11.8 Å². The largest absolute Gasteiger partial charge is 0.274 e. The van der Waals surface area contributed by atoms with Gasteiger partial charge in [-0.3, -0.25) is 19.5 Å². The number of carbonyl (C=O) groups excluding carboxylic acids is 2. The predicted octanol–water partition coefficient (Wildman–Crippen LogP) is 1.92. The van der Waals surface area contributed by atoms with E-state index in [4.69, 9.17) is 0 Å². The molecule has 0 saturated carbocycles. The number of rotatable bonds is 3. The molecule has 1 aliphatic rings. The van der Waals surface area contributed by atoms with Crippen LogP contribution in [0.2, 0.25) is 0 Å². The second kappa shape index (κ2) is 4.65. The maximum Gasteiger partial charge on any atom is 0.261 e. The lowest BCUT2D eigenvalue weighted by atomic mass is 10.1. The summed E-state index contributed by atoms with van der Waals surface area (Å²) in [5, 5.41) is 0. The van der Waals surface area contributed by atoms with E-state index in [0.717, 1.165) is 5.56 Å². The lowest BCUT2D eigenvalue weighted by Crippen LogP contribution is -2.31. The number of fused-ring (bicyclic) bond motifs is 1. The SMILES string of the molecule is O=C1c2ccccc2C(=O)N1CCc1ccncc1. The summed E-state index contributed by atoms with van der Waals surface area (Å²) in [5.41, 5.74) is 2.07. The van der Waals surface area contributed by atoms with Crippen molar-refractivity contribution in [1.82, 2.24) is 9.88 Å². The van der Waals surface area contributed by atoms with Crippen molar-refractivity contribution in [2.24, 2.45) is 0 Å². The van der Waals surface area contributed by atoms with Crippen LogP contribution in [0.15, 0.2) is 48.8 Å². The molecule has 19 heavy (non-hydrogen) atoms. The molecule has 2 aromatic rings. The molecule has 94 valence electrons. The van der Waals surface area contributed by atoms with E-state index in [1.54, 1.807) is 36.7 Å². The van der Waals surface area contributed by atoms with E-state index >= 15 is 0 Å². The van der Waals surface area contributed by atoms with E-state index < -0.39 is 0 Å². The lowest BCUT2D eigenvalue weighted by molar-refractivity contribution is 0.0656. The Bertz CT molecular complexity index is 603. The van der Waals surface area contributed by atoms with Crippen molar-refractivity contribution in [3.63, 3.8) is 0 Å². The highest BCUT2D eigenvalue weighted by Crippen LogP contribution is 2.22. The number of aromatic nitrogens is 1. The quantitative estimate of drug-likeness (QED) is 0.784. The molecule has 0 radical (unpaired) electrons. The maximum absolute atomic E-state index is 12.1. The van der Waals surface area contributed by atoms with E-state index in [1.807, 2.05) is 12.1 Å². The molecule has 0 N–H and O–H groups in total. The molecule has 3 rings (SSSR count). The summed E-state index contributed by atoms with van der Waals surface area (Å²) >= 11 is 0. The van der Waals surface area contributed by atoms with E-state index in [1.165, 1.54) is 4.90 Å². The highest BCUT2D eigenvalue weighted by Gasteiger charge is 2.34. The van der Waals surface area contributed by atoms with E-state index in [9.17, 15) is 9.59 Å². The van der Waals surface area contributed by atoms with Crippen molar-refractivity contribution in [2.45, 2.75) is 6.42 Å². The van der Waals surface area contributed by atoms with Gasteiger partial charge in [-0.05, 0) is 36.2 Å². The third-order valence-electron chi connectivity index (χ3n) is 3.25. The lowest BCUT2D eigenvalue weighted by Gasteiger charge is -2.13. The molecule has 1 aromatic carbocycles. The number of imide groups is 1. The van der Waals surface area contributed by atoms with Crippen LogP contribution in [0, 0.1) is 0 Å². The summed E-state index contributed by atoms with van der Waals surface area (Å²) in [6.45, 7) is 0.399. The van der Waals surface area contributed by atoms with E-state index in [-0.39, 0.29) is 11.8 Å². The molecule has 0 saturated heterocycles. The van der Waals surface area contributed by atoms with Crippen LogP contribution >= 0.6 is 0 Å². The molecule has 1 aromatic heterocycles. The highest BCUT2D eigenvalue weighted by molar-refractivity contribution is 6.21. The zero-order valence-electron chi connectivity index (χ0n) is 10.2. The first-order valence-electron chi connectivity index (χ1n) is 6.11. The Morgan fingerprint density at radius 1 is 0.895 bits per heavy atom. The highest BCUT2D eigenvalue weighted by atomic mass is 16.2. The van der Waals surface area contributed by atoms with Gasteiger partial charge in [-0.1, -0.05) is 12.1 Å².